The highest BCUT2D eigenvalue weighted by Crippen LogP contribution is 2.23. The molecular weight excluding hydrogens is 391 g/mol. The van der Waals surface area contributed by atoms with Gasteiger partial charge in [-0.25, -0.2) is 8.42 Å². The normalized spacial score (nSPS) is 20.1. The number of hydrogen-bond acceptors (Lipinski definition) is 3. The summed E-state index contributed by atoms with van der Waals surface area (Å²) in [5, 5.41) is 2.83. The van der Waals surface area contributed by atoms with E-state index in [0.29, 0.717) is 13.0 Å². The van der Waals surface area contributed by atoms with Crippen LogP contribution in [0.1, 0.15) is 18.4 Å². The van der Waals surface area contributed by atoms with Crippen LogP contribution in [-0.2, 0) is 14.8 Å². The summed E-state index contributed by atoms with van der Waals surface area (Å²) < 4.78 is 25.7. The van der Waals surface area contributed by atoms with Crippen molar-refractivity contribution in [2.45, 2.75) is 25.8 Å². The molecule has 0 radical (unpaired) electrons. The molecule has 1 saturated heterocycles. The molecule has 1 N–H and O–H groups in total. The maximum absolute atomic E-state index is 12.3. The molecule has 1 fully saturated rings. The number of nitrogens with one attached hydrogen (secondary N) is 1. The fourth-order valence-electron chi connectivity index (χ4n) is 2.38. The van der Waals surface area contributed by atoms with Gasteiger partial charge in [-0.3, -0.25) is 4.79 Å². The first-order valence-electron chi connectivity index (χ1n) is 6.33. The minimum atomic E-state index is -3.33. The highest BCUT2D eigenvalue weighted by Gasteiger charge is 2.36. The van der Waals surface area contributed by atoms with Gasteiger partial charge in [0.05, 0.1) is 6.26 Å². The summed E-state index contributed by atoms with van der Waals surface area (Å²) in [6, 6.07) is 5.13. The van der Waals surface area contributed by atoms with Crippen molar-refractivity contribution in [3.8, 4) is 0 Å². The Hall–Kier alpha value is -0.670. The first kappa shape index (κ1) is 15.7. The lowest BCUT2D eigenvalue weighted by molar-refractivity contribution is -0.119. The summed E-state index contributed by atoms with van der Waals surface area (Å²) in [6.45, 7) is 2.34. The Morgan fingerprint density at radius 3 is 2.75 bits per heavy atom. The molecule has 0 aliphatic carbocycles. The minimum absolute atomic E-state index is 0.253. The average Bonchev–Trinajstić information content (AvgIpc) is 2.81. The maximum Gasteiger partial charge on any atom is 0.242 e. The summed E-state index contributed by atoms with van der Waals surface area (Å²) in [4.78, 5) is 12.3. The van der Waals surface area contributed by atoms with Crippen LogP contribution in [0.15, 0.2) is 18.2 Å². The number of carbonyl (C=O) groups is 1. The second-order valence-corrected chi connectivity index (χ2v) is 8.16. The zero-order valence-corrected chi connectivity index (χ0v) is 14.4. The van der Waals surface area contributed by atoms with Gasteiger partial charge in [-0.2, -0.15) is 4.31 Å². The topological polar surface area (TPSA) is 66.5 Å². The first-order valence-corrected chi connectivity index (χ1v) is 9.25. The van der Waals surface area contributed by atoms with Crippen LogP contribution in [0.5, 0.6) is 0 Å². The Morgan fingerprint density at radius 2 is 2.15 bits per heavy atom. The fraction of sp³-hybridized carbons (Fsp3) is 0.462. The highest BCUT2D eigenvalue weighted by atomic mass is 127. The lowest BCUT2D eigenvalue weighted by Gasteiger charge is -2.21. The number of benzene rings is 1. The molecule has 7 heteroatoms. The number of aryl methyl sites for hydroxylation is 1. The summed E-state index contributed by atoms with van der Waals surface area (Å²) >= 11 is 2.21. The molecule has 2 rings (SSSR count). The smallest absolute Gasteiger partial charge is 0.242 e. The number of rotatable bonds is 3. The third kappa shape index (κ3) is 3.50. The van der Waals surface area contributed by atoms with Gasteiger partial charge >= 0.3 is 0 Å². The standard InChI is InChI=1S/C13H17IN2O3S/c1-9-8-10(14)5-6-11(9)15-13(17)12-4-3-7-16(12)20(2,18)19/h5-6,8,12H,3-4,7H2,1-2H3,(H,15,17). The number of halogens is 1. The molecule has 0 saturated carbocycles. The molecule has 1 aromatic carbocycles. The monoisotopic (exact) mass is 408 g/mol. The van der Waals surface area contributed by atoms with Crippen LogP contribution in [-0.4, -0.2) is 37.5 Å². The lowest BCUT2D eigenvalue weighted by atomic mass is 10.1. The summed E-state index contributed by atoms with van der Waals surface area (Å²) in [6.07, 6.45) is 2.44. The van der Waals surface area contributed by atoms with E-state index in [4.69, 9.17) is 0 Å². The zero-order chi connectivity index (χ0) is 14.9. The third-order valence-corrected chi connectivity index (χ3v) is 5.34. The van der Waals surface area contributed by atoms with Gasteiger partial charge in [0.25, 0.3) is 0 Å². The van der Waals surface area contributed by atoms with E-state index in [1.54, 1.807) is 0 Å². The van der Waals surface area contributed by atoms with Crippen molar-refractivity contribution in [3.63, 3.8) is 0 Å². The van der Waals surface area contributed by atoms with E-state index in [-0.39, 0.29) is 5.91 Å². The predicted molar refractivity (Wildman–Crippen MR) is 87.1 cm³/mol. The van der Waals surface area contributed by atoms with Crippen molar-refractivity contribution in [2.75, 3.05) is 18.1 Å². The largest absolute Gasteiger partial charge is 0.324 e. The quantitative estimate of drug-likeness (QED) is 0.778. The number of sulfonamides is 1. The van der Waals surface area contributed by atoms with Crippen molar-refractivity contribution in [1.29, 1.82) is 0 Å². The van der Waals surface area contributed by atoms with Crippen molar-refractivity contribution in [2.24, 2.45) is 0 Å². The van der Waals surface area contributed by atoms with Crippen LogP contribution in [0, 0.1) is 10.5 Å². The average molecular weight is 408 g/mol. The van der Waals surface area contributed by atoms with Crippen LogP contribution in [0.3, 0.4) is 0 Å². The Kier molecular flexibility index (Phi) is 4.70. The lowest BCUT2D eigenvalue weighted by Crippen LogP contribution is -2.42. The van der Waals surface area contributed by atoms with Gasteiger partial charge in [-0.15, -0.1) is 0 Å². The van der Waals surface area contributed by atoms with Crippen molar-refractivity contribution < 1.29 is 13.2 Å². The molecule has 1 atom stereocenters. The molecule has 1 heterocycles. The SMILES string of the molecule is Cc1cc(I)ccc1NC(=O)C1CCCN1S(C)(=O)=O. The molecule has 1 aliphatic heterocycles. The molecule has 5 nitrogen and oxygen atoms in total. The van der Waals surface area contributed by atoms with E-state index in [1.165, 1.54) is 4.31 Å². The first-order chi connectivity index (χ1) is 9.29. The Balaban J connectivity index is 2.16. The number of carbonyl (C=O) groups excluding carboxylic acids is 1. The molecule has 0 spiro atoms. The van der Waals surface area contributed by atoms with Crippen LogP contribution in [0.2, 0.25) is 0 Å². The third-order valence-electron chi connectivity index (χ3n) is 3.38. The number of amides is 1. The molecule has 1 unspecified atom stereocenters. The number of anilines is 1. The summed E-state index contributed by atoms with van der Waals surface area (Å²) in [7, 11) is -3.33. The van der Waals surface area contributed by atoms with E-state index in [0.717, 1.165) is 27.5 Å². The fourth-order valence-corrected chi connectivity index (χ4v) is 4.15. The molecular formula is C13H17IN2O3S. The molecule has 20 heavy (non-hydrogen) atoms. The molecule has 1 amide bonds. The predicted octanol–water partition coefficient (Wildman–Crippen LogP) is 1.96. The van der Waals surface area contributed by atoms with Gasteiger partial charge in [0.2, 0.25) is 15.9 Å². The van der Waals surface area contributed by atoms with Crippen LogP contribution < -0.4 is 5.32 Å². The van der Waals surface area contributed by atoms with Gasteiger partial charge in [0, 0.05) is 15.8 Å². The van der Waals surface area contributed by atoms with Gasteiger partial charge in [0.15, 0.2) is 0 Å². The highest BCUT2D eigenvalue weighted by molar-refractivity contribution is 14.1. The van der Waals surface area contributed by atoms with Crippen LogP contribution in [0.4, 0.5) is 5.69 Å². The Bertz CT molecular complexity index is 631. The van der Waals surface area contributed by atoms with E-state index in [9.17, 15) is 13.2 Å². The van der Waals surface area contributed by atoms with Crippen molar-refractivity contribution in [3.05, 3.63) is 27.3 Å². The Labute approximate surface area is 132 Å². The maximum atomic E-state index is 12.3. The number of hydrogen-bond donors (Lipinski definition) is 1. The number of nitrogens with zero attached hydrogens (tertiary/aromatic N) is 1. The van der Waals surface area contributed by atoms with Crippen molar-refractivity contribution in [1.82, 2.24) is 4.31 Å². The summed E-state index contributed by atoms with van der Waals surface area (Å²) in [5.74, 6) is -0.253. The van der Waals surface area contributed by atoms with Gasteiger partial charge < -0.3 is 5.32 Å². The van der Waals surface area contributed by atoms with Gasteiger partial charge in [0.1, 0.15) is 6.04 Å². The second-order valence-electron chi connectivity index (χ2n) is 4.98. The molecule has 0 aromatic heterocycles. The van der Waals surface area contributed by atoms with Crippen LogP contribution in [0.25, 0.3) is 0 Å². The molecule has 0 bridgehead atoms. The van der Waals surface area contributed by atoms with E-state index < -0.39 is 16.1 Å². The molecule has 1 aromatic rings. The van der Waals surface area contributed by atoms with E-state index >= 15 is 0 Å². The van der Waals surface area contributed by atoms with Crippen molar-refractivity contribution >= 4 is 44.2 Å². The molecule has 1 aliphatic rings. The van der Waals surface area contributed by atoms with E-state index in [1.807, 2.05) is 25.1 Å². The van der Waals surface area contributed by atoms with Crippen LogP contribution >= 0.6 is 22.6 Å². The van der Waals surface area contributed by atoms with Gasteiger partial charge in [-0.05, 0) is 66.1 Å². The van der Waals surface area contributed by atoms with Gasteiger partial charge in [-0.1, -0.05) is 0 Å². The summed E-state index contributed by atoms with van der Waals surface area (Å²) in [5.41, 5.74) is 1.70. The zero-order valence-electron chi connectivity index (χ0n) is 11.4. The Morgan fingerprint density at radius 1 is 1.45 bits per heavy atom. The second kappa shape index (κ2) is 5.98. The van der Waals surface area contributed by atoms with E-state index in [2.05, 4.69) is 27.9 Å². The minimum Gasteiger partial charge on any atom is -0.324 e. The molecule has 110 valence electrons.